The predicted molar refractivity (Wildman–Crippen MR) is 59.2 cm³/mol. The molecule has 1 fully saturated rings. The normalized spacial score (nSPS) is 18.3. The van der Waals surface area contributed by atoms with Crippen molar-refractivity contribution in [3.63, 3.8) is 0 Å². The Morgan fingerprint density at radius 1 is 1.26 bits per heavy atom. The molecule has 2 rings (SSSR count). The summed E-state index contributed by atoms with van der Waals surface area (Å²) in [5.74, 6) is -1.00. The molecule has 1 aromatic rings. The first-order valence-electron chi connectivity index (χ1n) is 5.23. The Hall–Kier alpha value is -1.35. The molecule has 0 aromatic heterocycles. The van der Waals surface area contributed by atoms with E-state index in [1.807, 2.05) is 0 Å². The van der Waals surface area contributed by atoms with E-state index in [-0.39, 0.29) is 18.5 Å². The maximum absolute atomic E-state index is 13.2. The van der Waals surface area contributed by atoms with E-state index in [1.165, 1.54) is 0 Å². The first-order valence-corrected chi connectivity index (χ1v) is 6.71. The maximum atomic E-state index is 13.2. The average Bonchev–Trinajstić information content (AvgIpc) is 3.01. The van der Waals surface area contributed by atoms with Crippen LogP contribution in [0.2, 0.25) is 0 Å². The molecule has 0 bridgehead atoms. The molecule has 0 spiro atoms. The number of nitrogen functional groups attached to an aromatic ring is 1. The van der Waals surface area contributed by atoms with Gasteiger partial charge in [0.05, 0.1) is 10.6 Å². The van der Waals surface area contributed by atoms with Crippen molar-refractivity contribution in [3.05, 3.63) is 24.0 Å². The fourth-order valence-electron chi connectivity index (χ4n) is 1.56. The summed E-state index contributed by atoms with van der Waals surface area (Å²) in [5, 5.41) is 0. The number of hydrogen-bond acceptors (Lipinski definition) is 3. The number of rotatable bonds is 3. The highest BCUT2D eigenvalue weighted by Crippen LogP contribution is 2.49. The van der Waals surface area contributed by atoms with E-state index in [0.29, 0.717) is 6.07 Å². The molecule has 4 nitrogen and oxygen atoms in total. The van der Waals surface area contributed by atoms with Crippen molar-refractivity contribution >= 4 is 15.7 Å². The molecule has 0 heterocycles. The largest absolute Gasteiger partial charge is 0.407 e. The van der Waals surface area contributed by atoms with E-state index in [4.69, 9.17) is 5.73 Å². The molecule has 9 heteroatoms. The molecule has 3 N–H and O–H groups in total. The van der Waals surface area contributed by atoms with Crippen LogP contribution >= 0.6 is 0 Å². The van der Waals surface area contributed by atoms with E-state index >= 15 is 0 Å². The van der Waals surface area contributed by atoms with Crippen molar-refractivity contribution < 1.29 is 26.0 Å². The molecule has 0 atom stereocenters. The van der Waals surface area contributed by atoms with Crippen LogP contribution in [0, 0.1) is 5.82 Å². The Morgan fingerprint density at radius 3 is 2.26 bits per heavy atom. The zero-order valence-corrected chi connectivity index (χ0v) is 10.3. The van der Waals surface area contributed by atoms with E-state index < -0.39 is 32.5 Å². The number of nitrogens with two attached hydrogens (primary N) is 1. The summed E-state index contributed by atoms with van der Waals surface area (Å²) < 4.78 is 76.3. The summed E-state index contributed by atoms with van der Waals surface area (Å²) in [6.07, 6.45) is -5.33. The van der Waals surface area contributed by atoms with Gasteiger partial charge >= 0.3 is 6.18 Å². The topological polar surface area (TPSA) is 72.2 Å². The lowest BCUT2D eigenvalue weighted by atomic mass is 10.3. The van der Waals surface area contributed by atoms with Crippen LogP contribution in [-0.2, 0) is 10.0 Å². The minimum Gasteiger partial charge on any atom is -0.396 e. The van der Waals surface area contributed by atoms with E-state index in [2.05, 4.69) is 0 Å². The smallest absolute Gasteiger partial charge is 0.396 e. The number of hydrogen-bond donors (Lipinski definition) is 2. The van der Waals surface area contributed by atoms with Gasteiger partial charge in [-0.25, -0.2) is 12.8 Å². The van der Waals surface area contributed by atoms with Gasteiger partial charge in [-0.05, 0) is 31.0 Å². The van der Waals surface area contributed by atoms with Gasteiger partial charge in [0, 0.05) is 0 Å². The molecule has 0 radical (unpaired) electrons. The van der Waals surface area contributed by atoms with Crippen LogP contribution in [0.25, 0.3) is 0 Å². The van der Waals surface area contributed by atoms with Crippen LogP contribution in [0.15, 0.2) is 23.1 Å². The van der Waals surface area contributed by atoms with E-state index in [0.717, 1.165) is 12.1 Å². The van der Waals surface area contributed by atoms with Gasteiger partial charge < -0.3 is 5.73 Å². The monoisotopic (exact) mass is 298 g/mol. The van der Waals surface area contributed by atoms with E-state index in [9.17, 15) is 26.0 Å². The van der Waals surface area contributed by atoms with Gasteiger partial charge in [-0.2, -0.15) is 17.9 Å². The van der Waals surface area contributed by atoms with Gasteiger partial charge in [0.1, 0.15) is 11.4 Å². The second-order valence-electron chi connectivity index (χ2n) is 4.37. The van der Waals surface area contributed by atoms with Crippen molar-refractivity contribution in [1.82, 2.24) is 4.72 Å². The van der Waals surface area contributed by atoms with Crippen molar-refractivity contribution in [2.75, 3.05) is 5.73 Å². The maximum Gasteiger partial charge on any atom is 0.407 e. The molecule has 0 unspecified atom stereocenters. The van der Waals surface area contributed by atoms with Crippen LogP contribution < -0.4 is 10.5 Å². The minimum atomic E-state index is -4.67. The third kappa shape index (κ3) is 2.52. The minimum absolute atomic E-state index is 0.282. The lowest BCUT2D eigenvalue weighted by molar-refractivity contribution is -0.160. The van der Waals surface area contributed by atoms with Crippen LogP contribution in [0.1, 0.15) is 12.8 Å². The molecule has 0 saturated heterocycles. The standard InChI is InChI=1S/C10H10F4N2O2S/c11-7-5-6(1-2-8(7)15)19(17,18)16-9(3-4-9)10(12,13)14/h1-2,5,16H,3-4,15H2. The zero-order chi connectivity index (χ0) is 14.5. The fourth-order valence-corrected chi connectivity index (χ4v) is 3.02. The number of halogens is 4. The van der Waals surface area contributed by atoms with Gasteiger partial charge in [-0.3, -0.25) is 0 Å². The molecular weight excluding hydrogens is 288 g/mol. The van der Waals surface area contributed by atoms with Crippen molar-refractivity contribution in [1.29, 1.82) is 0 Å². The molecule has 1 aliphatic carbocycles. The Labute approximate surface area is 106 Å². The average molecular weight is 298 g/mol. The van der Waals surface area contributed by atoms with Crippen LogP contribution in [0.5, 0.6) is 0 Å². The second-order valence-corrected chi connectivity index (χ2v) is 6.05. The quantitative estimate of drug-likeness (QED) is 0.660. The third-order valence-corrected chi connectivity index (χ3v) is 4.44. The molecule has 1 aliphatic rings. The number of sulfonamides is 1. The summed E-state index contributed by atoms with van der Waals surface area (Å²) in [6.45, 7) is 0. The first-order chi connectivity index (χ1) is 8.57. The molecule has 19 heavy (non-hydrogen) atoms. The summed E-state index contributed by atoms with van der Waals surface area (Å²) in [5.41, 5.74) is 2.46. The van der Waals surface area contributed by atoms with Gasteiger partial charge in [0.25, 0.3) is 0 Å². The van der Waals surface area contributed by atoms with Gasteiger partial charge in [0.15, 0.2) is 0 Å². The highest BCUT2D eigenvalue weighted by atomic mass is 32.2. The molecule has 1 aromatic carbocycles. The number of alkyl halides is 3. The summed E-state index contributed by atoms with van der Waals surface area (Å²) in [6, 6.07) is 2.52. The predicted octanol–water partition coefficient (Wildman–Crippen LogP) is 1.78. The van der Waals surface area contributed by atoms with Crippen LogP contribution in [0.4, 0.5) is 23.2 Å². The number of anilines is 1. The van der Waals surface area contributed by atoms with Gasteiger partial charge in [-0.15, -0.1) is 0 Å². The summed E-state index contributed by atoms with van der Waals surface area (Å²) >= 11 is 0. The lowest BCUT2D eigenvalue weighted by Gasteiger charge is -2.20. The molecule has 106 valence electrons. The molecular formula is C10H10F4N2O2S. The van der Waals surface area contributed by atoms with Crippen molar-refractivity contribution in [3.8, 4) is 0 Å². The highest BCUT2D eigenvalue weighted by molar-refractivity contribution is 7.89. The van der Waals surface area contributed by atoms with Crippen LogP contribution in [-0.4, -0.2) is 20.1 Å². The lowest BCUT2D eigenvalue weighted by Crippen LogP contribution is -2.47. The molecule has 0 amide bonds. The molecule has 0 aliphatic heterocycles. The highest BCUT2D eigenvalue weighted by Gasteiger charge is 2.65. The van der Waals surface area contributed by atoms with Gasteiger partial charge in [-0.1, -0.05) is 0 Å². The SMILES string of the molecule is Nc1ccc(S(=O)(=O)NC2(C(F)(F)F)CC2)cc1F. The third-order valence-electron chi connectivity index (χ3n) is 2.90. The summed E-state index contributed by atoms with van der Waals surface area (Å²) in [7, 11) is -4.44. The Balaban J connectivity index is 2.31. The van der Waals surface area contributed by atoms with Crippen molar-refractivity contribution in [2.45, 2.75) is 29.5 Å². The van der Waals surface area contributed by atoms with E-state index in [1.54, 1.807) is 4.72 Å². The fraction of sp³-hybridized carbons (Fsp3) is 0.400. The Kier molecular flexibility index (Phi) is 3.01. The Bertz CT molecular complexity index is 608. The van der Waals surface area contributed by atoms with Crippen LogP contribution in [0.3, 0.4) is 0 Å². The zero-order valence-electron chi connectivity index (χ0n) is 9.46. The number of nitrogens with one attached hydrogen (secondary N) is 1. The second kappa shape index (κ2) is 4.07. The summed E-state index contributed by atoms with van der Waals surface area (Å²) in [4.78, 5) is -0.588. The molecule has 1 saturated carbocycles. The Morgan fingerprint density at radius 2 is 1.84 bits per heavy atom. The van der Waals surface area contributed by atoms with Gasteiger partial charge in [0.2, 0.25) is 10.0 Å². The number of benzene rings is 1. The first kappa shape index (κ1) is 14.1. The van der Waals surface area contributed by atoms with Crippen molar-refractivity contribution in [2.24, 2.45) is 0 Å².